The number of imidazole rings is 2. The zero-order chi connectivity index (χ0) is 24.9. The molecule has 0 bridgehead atoms. The van der Waals surface area contributed by atoms with Crippen molar-refractivity contribution in [2.75, 3.05) is 31.1 Å². The predicted octanol–water partition coefficient (Wildman–Crippen LogP) is 3.06. The number of carbonyl (C=O) groups is 2. The molecular formula is C19H19F5N6O3S. The average Bonchev–Trinajstić information content (AvgIpc) is 3.42. The van der Waals surface area contributed by atoms with Gasteiger partial charge < -0.3 is 24.5 Å². The molecule has 1 fully saturated rings. The van der Waals surface area contributed by atoms with Crippen LogP contribution in [0.4, 0.5) is 27.9 Å². The Labute approximate surface area is 193 Å². The minimum Gasteiger partial charge on any atom is -0.475 e. The standard InChI is InChI=1S/C17H18F2N6OS.C2HF3O2/c18-15(19)27-17-22-12-3-1-2-4-13(12)25(17)11-14(26)23-7-9-24(10-8-23)16-20-5-6-21-16;3-2(4,5)1(6)7/h1-6,15H,7-11H2,(H,20,21);(H,6,7). The minimum absolute atomic E-state index is 0.00365. The number of alkyl halides is 5. The summed E-state index contributed by atoms with van der Waals surface area (Å²) < 4.78 is 59.1. The number of benzene rings is 1. The van der Waals surface area contributed by atoms with Crippen LogP contribution in [-0.2, 0) is 16.1 Å². The van der Waals surface area contributed by atoms with Gasteiger partial charge in [0.15, 0.2) is 5.16 Å². The maximum Gasteiger partial charge on any atom is 0.490 e. The van der Waals surface area contributed by atoms with E-state index in [0.29, 0.717) is 49.0 Å². The van der Waals surface area contributed by atoms with Crippen molar-refractivity contribution < 1.29 is 36.6 Å². The maximum absolute atomic E-state index is 12.9. The summed E-state index contributed by atoms with van der Waals surface area (Å²) >= 11 is 0.365. The Bertz CT molecular complexity index is 1110. The number of carbonyl (C=O) groups excluding carboxylic acids is 1. The number of rotatable bonds is 5. The highest BCUT2D eigenvalue weighted by Gasteiger charge is 2.38. The van der Waals surface area contributed by atoms with Gasteiger partial charge in [-0.1, -0.05) is 12.1 Å². The number of para-hydroxylation sites is 2. The van der Waals surface area contributed by atoms with E-state index in [1.165, 1.54) is 0 Å². The zero-order valence-electron chi connectivity index (χ0n) is 17.4. The van der Waals surface area contributed by atoms with Gasteiger partial charge in [0.05, 0.1) is 11.0 Å². The third-order valence-corrected chi connectivity index (χ3v) is 5.47. The monoisotopic (exact) mass is 506 g/mol. The summed E-state index contributed by atoms with van der Waals surface area (Å²) in [6, 6.07) is 7.16. The summed E-state index contributed by atoms with van der Waals surface area (Å²) in [5, 5.41) is 7.29. The van der Waals surface area contributed by atoms with Crippen molar-refractivity contribution in [1.82, 2.24) is 24.4 Å². The number of nitrogens with one attached hydrogen (secondary N) is 1. The fourth-order valence-corrected chi connectivity index (χ4v) is 3.81. The SMILES string of the molecule is O=C(Cn1c(SC(F)F)nc2ccccc21)N1CCN(c2ncc[nH]2)CC1.O=C(O)C(F)(F)F. The molecule has 0 unspecified atom stereocenters. The number of piperazine rings is 1. The Kier molecular flexibility index (Phi) is 7.96. The molecule has 9 nitrogen and oxygen atoms in total. The Balaban J connectivity index is 0.000000406. The van der Waals surface area contributed by atoms with Crippen molar-refractivity contribution in [3.63, 3.8) is 0 Å². The van der Waals surface area contributed by atoms with E-state index < -0.39 is 17.9 Å². The highest BCUT2D eigenvalue weighted by molar-refractivity contribution is 7.99. The van der Waals surface area contributed by atoms with E-state index in [-0.39, 0.29) is 17.6 Å². The summed E-state index contributed by atoms with van der Waals surface area (Å²) in [6.07, 6.45) is -1.63. The number of nitrogens with zero attached hydrogens (tertiary/aromatic N) is 5. The number of amides is 1. The van der Waals surface area contributed by atoms with E-state index >= 15 is 0 Å². The van der Waals surface area contributed by atoms with Crippen LogP contribution in [0.3, 0.4) is 0 Å². The average molecular weight is 506 g/mol. The van der Waals surface area contributed by atoms with Gasteiger partial charge in [0.25, 0.3) is 5.76 Å². The fraction of sp³-hybridized carbons (Fsp3) is 0.368. The van der Waals surface area contributed by atoms with E-state index in [1.54, 1.807) is 40.1 Å². The molecule has 15 heteroatoms. The van der Waals surface area contributed by atoms with Crippen molar-refractivity contribution in [2.24, 2.45) is 0 Å². The number of H-pyrrole nitrogens is 1. The van der Waals surface area contributed by atoms with Gasteiger partial charge >= 0.3 is 12.1 Å². The molecule has 0 spiro atoms. The smallest absolute Gasteiger partial charge is 0.475 e. The number of carboxylic acid groups (broad SMARTS) is 1. The topological polar surface area (TPSA) is 107 Å². The van der Waals surface area contributed by atoms with Gasteiger partial charge in [-0.2, -0.15) is 22.0 Å². The molecular weight excluding hydrogens is 487 g/mol. The minimum atomic E-state index is -5.08. The number of halogens is 5. The van der Waals surface area contributed by atoms with Crippen molar-refractivity contribution in [2.45, 2.75) is 23.6 Å². The third kappa shape index (κ3) is 6.36. The van der Waals surface area contributed by atoms with Gasteiger partial charge in [-0.15, -0.1) is 0 Å². The molecule has 3 heterocycles. The van der Waals surface area contributed by atoms with Crippen molar-refractivity contribution in [1.29, 1.82) is 0 Å². The highest BCUT2D eigenvalue weighted by Crippen LogP contribution is 2.28. The van der Waals surface area contributed by atoms with E-state index in [0.717, 1.165) is 5.95 Å². The first-order chi connectivity index (χ1) is 16.1. The number of anilines is 1. The molecule has 1 amide bonds. The Morgan fingerprint density at radius 3 is 2.35 bits per heavy atom. The summed E-state index contributed by atoms with van der Waals surface area (Å²) in [7, 11) is 0. The molecule has 3 aromatic rings. The van der Waals surface area contributed by atoms with E-state index in [9.17, 15) is 26.7 Å². The molecule has 1 saturated heterocycles. The molecule has 0 atom stereocenters. The van der Waals surface area contributed by atoms with Gasteiger partial charge in [-0.25, -0.2) is 14.8 Å². The van der Waals surface area contributed by atoms with E-state index in [1.807, 2.05) is 6.07 Å². The van der Waals surface area contributed by atoms with Gasteiger partial charge in [0, 0.05) is 38.6 Å². The fourth-order valence-electron chi connectivity index (χ4n) is 3.21. The van der Waals surface area contributed by atoms with Gasteiger partial charge in [-0.05, 0) is 23.9 Å². The summed E-state index contributed by atoms with van der Waals surface area (Å²) in [6.45, 7) is 2.45. The molecule has 0 aliphatic carbocycles. The van der Waals surface area contributed by atoms with Crippen LogP contribution in [0.1, 0.15) is 0 Å². The Hall–Kier alpha value is -3.36. The van der Waals surface area contributed by atoms with Gasteiger partial charge in [-0.3, -0.25) is 4.79 Å². The lowest BCUT2D eigenvalue weighted by Crippen LogP contribution is -2.50. The van der Waals surface area contributed by atoms with Crippen LogP contribution in [0.5, 0.6) is 0 Å². The number of aromatic nitrogens is 4. The van der Waals surface area contributed by atoms with Gasteiger partial charge in [0.1, 0.15) is 6.54 Å². The van der Waals surface area contributed by atoms with E-state index in [4.69, 9.17) is 9.90 Å². The quantitative estimate of drug-likeness (QED) is 0.405. The van der Waals surface area contributed by atoms with Crippen LogP contribution in [-0.4, -0.2) is 79.5 Å². The second-order valence-corrected chi connectivity index (χ2v) is 7.89. The molecule has 1 aliphatic rings. The van der Waals surface area contributed by atoms with Crippen LogP contribution in [0.15, 0.2) is 41.8 Å². The van der Waals surface area contributed by atoms with Crippen LogP contribution < -0.4 is 4.90 Å². The maximum atomic E-state index is 12.9. The highest BCUT2D eigenvalue weighted by atomic mass is 32.2. The Morgan fingerprint density at radius 2 is 1.79 bits per heavy atom. The van der Waals surface area contributed by atoms with Crippen molar-refractivity contribution in [3.05, 3.63) is 36.7 Å². The lowest BCUT2D eigenvalue weighted by molar-refractivity contribution is -0.192. The number of carboxylic acids is 1. The summed E-state index contributed by atoms with van der Waals surface area (Å²) in [5.41, 5.74) is 1.29. The lowest BCUT2D eigenvalue weighted by Gasteiger charge is -2.34. The number of hydrogen-bond donors (Lipinski definition) is 2. The number of hydrogen-bond acceptors (Lipinski definition) is 6. The number of fused-ring (bicyclic) bond motifs is 1. The number of thioether (sulfide) groups is 1. The van der Waals surface area contributed by atoms with Crippen LogP contribution in [0.25, 0.3) is 11.0 Å². The second-order valence-electron chi connectivity index (χ2n) is 6.93. The largest absolute Gasteiger partial charge is 0.490 e. The van der Waals surface area contributed by atoms with Crippen LogP contribution >= 0.6 is 11.8 Å². The van der Waals surface area contributed by atoms with Crippen molar-refractivity contribution in [3.8, 4) is 0 Å². The molecule has 1 aromatic carbocycles. The predicted molar refractivity (Wildman–Crippen MR) is 113 cm³/mol. The number of aliphatic carboxylic acids is 1. The van der Waals surface area contributed by atoms with Gasteiger partial charge in [0.2, 0.25) is 11.9 Å². The summed E-state index contributed by atoms with van der Waals surface area (Å²) in [5.74, 6) is -4.66. The second kappa shape index (κ2) is 10.7. The molecule has 184 valence electrons. The molecule has 0 radical (unpaired) electrons. The first-order valence-corrected chi connectivity index (χ1v) is 10.7. The number of aromatic amines is 1. The lowest BCUT2D eigenvalue weighted by atomic mass is 10.3. The molecule has 0 saturated carbocycles. The first-order valence-electron chi connectivity index (χ1n) is 9.78. The summed E-state index contributed by atoms with van der Waals surface area (Å²) in [4.78, 5) is 37.0. The molecule has 2 aromatic heterocycles. The zero-order valence-corrected chi connectivity index (χ0v) is 18.2. The molecule has 4 rings (SSSR count). The third-order valence-electron chi connectivity index (χ3n) is 4.77. The van der Waals surface area contributed by atoms with Crippen LogP contribution in [0, 0.1) is 0 Å². The molecule has 2 N–H and O–H groups in total. The first kappa shape index (κ1) is 25.3. The molecule has 1 aliphatic heterocycles. The normalized spacial score (nSPS) is 14.3. The molecule has 34 heavy (non-hydrogen) atoms. The Morgan fingerprint density at radius 1 is 1.15 bits per heavy atom. The van der Waals surface area contributed by atoms with Crippen molar-refractivity contribution >= 4 is 40.6 Å². The van der Waals surface area contributed by atoms with Crippen LogP contribution in [0.2, 0.25) is 0 Å². The van der Waals surface area contributed by atoms with E-state index in [2.05, 4.69) is 19.9 Å².